The van der Waals surface area contributed by atoms with E-state index in [1.54, 1.807) is 12.0 Å². The lowest BCUT2D eigenvalue weighted by molar-refractivity contribution is 0.489. The Labute approximate surface area is 125 Å². The third-order valence-electron chi connectivity index (χ3n) is 5.02. The Kier molecular flexibility index (Phi) is 3.30. The molecule has 1 heterocycles. The fourth-order valence-electron chi connectivity index (χ4n) is 3.99. The first kappa shape index (κ1) is 13.1. The zero-order valence-electron chi connectivity index (χ0n) is 12.5. The van der Waals surface area contributed by atoms with Crippen molar-refractivity contribution in [2.75, 3.05) is 6.54 Å². The highest BCUT2D eigenvalue weighted by Crippen LogP contribution is 2.65. The number of fused-ring (bicyclic) bond motifs is 3. The van der Waals surface area contributed by atoms with E-state index in [0.29, 0.717) is 11.8 Å². The highest BCUT2D eigenvalue weighted by atomic mass is 16.3. The Morgan fingerprint density at radius 2 is 2.19 bits per heavy atom. The first-order valence-electron chi connectivity index (χ1n) is 8.11. The van der Waals surface area contributed by atoms with Crippen LogP contribution in [0.15, 0.2) is 35.1 Å². The molecule has 1 aromatic carbocycles. The summed E-state index contributed by atoms with van der Waals surface area (Å²) in [6, 6.07) is 8.91. The highest BCUT2D eigenvalue weighted by Gasteiger charge is 2.56. The van der Waals surface area contributed by atoms with Crippen LogP contribution in [0.2, 0.25) is 0 Å². The Hall–Kier alpha value is -1.61. The summed E-state index contributed by atoms with van der Waals surface area (Å²) in [7, 11) is 0. The van der Waals surface area contributed by atoms with Crippen molar-refractivity contribution in [1.82, 2.24) is 10.3 Å². The summed E-state index contributed by atoms with van der Waals surface area (Å²) in [5, 5.41) is 3.44. The van der Waals surface area contributed by atoms with E-state index in [1.807, 2.05) is 0 Å². The lowest BCUT2D eigenvalue weighted by Crippen LogP contribution is -2.15. The van der Waals surface area contributed by atoms with E-state index < -0.39 is 0 Å². The minimum Gasteiger partial charge on any atom is -0.448 e. The van der Waals surface area contributed by atoms with Gasteiger partial charge in [0.05, 0.1) is 5.69 Å². The monoisotopic (exact) mass is 282 g/mol. The topological polar surface area (TPSA) is 38.1 Å². The average molecular weight is 282 g/mol. The molecule has 4 rings (SSSR count). The van der Waals surface area contributed by atoms with Gasteiger partial charge in [-0.25, -0.2) is 4.98 Å². The summed E-state index contributed by atoms with van der Waals surface area (Å²) in [4.78, 5) is 4.43. The van der Waals surface area contributed by atoms with Crippen molar-refractivity contribution in [3.63, 3.8) is 0 Å². The van der Waals surface area contributed by atoms with Gasteiger partial charge in [0.1, 0.15) is 5.76 Å². The zero-order chi connectivity index (χ0) is 14.2. The number of hydrogen-bond acceptors (Lipinski definition) is 3. The minimum absolute atomic E-state index is 0.551. The first-order valence-corrected chi connectivity index (χ1v) is 8.11. The van der Waals surface area contributed by atoms with Crippen LogP contribution in [-0.2, 0) is 13.0 Å². The first-order chi connectivity index (χ1) is 10.4. The van der Waals surface area contributed by atoms with Crippen LogP contribution in [0.1, 0.15) is 54.2 Å². The number of nitrogens with zero attached hydrogens (tertiary/aromatic N) is 1. The summed E-state index contributed by atoms with van der Waals surface area (Å²) < 4.78 is 5.78. The summed E-state index contributed by atoms with van der Waals surface area (Å²) >= 11 is 0. The number of rotatable bonds is 5. The van der Waals surface area contributed by atoms with Gasteiger partial charge in [-0.05, 0) is 48.8 Å². The van der Waals surface area contributed by atoms with Crippen LogP contribution in [-0.4, -0.2) is 11.5 Å². The predicted octanol–water partition coefficient (Wildman–Crippen LogP) is 3.62. The molecule has 110 valence electrons. The summed E-state index contributed by atoms with van der Waals surface area (Å²) in [5.41, 5.74) is 4.19. The predicted molar refractivity (Wildman–Crippen MR) is 82.2 cm³/mol. The second-order valence-corrected chi connectivity index (χ2v) is 6.29. The highest BCUT2D eigenvalue weighted by molar-refractivity contribution is 5.44. The quantitative estimate of drug-likeness (QED) is 0.851. The van der Waals surface area contributed by atoms with Crippen molar-refractivity contribution in [1.29, 1.82) is 0 Å². The van der Waals surface area contributed by atoms with Gasteiger partial charge in [0.2, 0.25) is 0 Å². The molecular weight excluding hydrogens is 260 g/mol. The normalized spacial score (nSPS) is 26.2. The molecular formula is C18H22N2O. The van der Waals surface area contributed by atoms with Crippen LogP contribution in [0.4, 0.5) is 0 Å². The number of hydrogen-bond donors (Lipinski definition) is 1. The Morgan fingerprint density at radius 1 is 1.29 bits per heavy atom. The Balaban J connectivity index is 1.56. The van der Waals surface area contributed by atoms with Gasteiger partial charge >= 0.3 is 0 Å². The average Bonchev–Trinajstić information content (AvgIpc) is 3.09. The molecule has 0 amide bonds. The largest absolute Gasteiger partial charge is 0.448 e. The number of nitrogens with one attached hydrogen (secondary N) is 1. The van der Waals surface area contributed by atoms with E-state index in [2.05, 4.69) is 41.5 Å². The van der Waals surface area contributed by atoms with Gasteiger partial charge in [-0.1, -0.05) is 31.2 Å². The van der Waals surface area contributed by atoms with Crippen LogP contribution in [0.3, 0.4) is 0 Å². The lowest BCUT2D eigenvalue weighted by atomic mass is 9.92. The van der Waals surface area contributed by atoms with E-state index >= 15 is 0 Å². The Morgan fingerprint density at radius 3 is 3.10 bits per heavy atom. The molecule has 2 aliphatic rings. The van der Waals surface area contributed by atoms with Crippen LogP contribution < -0.4 is 5.32 Å². The molecule has 0 spiro atoms. The van der Waals surface area contributed by atoms with E-state index in [4.69, 9.17) is 4.42 Å². The molecule has 1 N–H and O–H groups in total. The molecule has 1 saturated carbocycles. The van der Waals surface area contributed by atoms with Crippen LogP contribution in [0.5, 0.6) is 0 Å². The van der Waals surface area contributed by atoms with Gasteiger partial charge in [-0.2, -0.15) is 0 Å². The molecule has 3 nitrogen and oxygen atoms in total. The van der Waals surface area contributed by atoms with Crippen molar-refractivity contribution >= 4 is 0 Å². The van der Waals surface area contributed by atoms with Gasteiger partial charge in [0.25, 0.3) is 0 Å². The Bertz CT molecular complexity index is 634. The van der Waals surface area contributed by atoms with Crippen molar-refractivity contribution in [2.45, 2.75) is 44.6 Å². The van der Waals surface area contributed by atoms with Crippen LogP contribution in [0, 0.1) is 5.92 Å². The standard InChI is InChI=1S/C18H22N2O/c1-2-9-19-10-15-18(21-11-20-15)17-14-8-7-12-5-3-4-6-13(12)16(14)17/h3-6,11,14,16-17,19H,2,7-10H2,1H3. The van der Waals surface area contributed by atoms with Crippen LogP contribution >= 0.6 is 0 Å². The molecule has 0 aliphatic heterocycles. The lowest BCUT2D eigenvalue weighted by Gasteiger charge is -2.13. The van der Waals surface area contributed by atoms with Crippen molar-refractivity contribution in [3.05, 3.63) is 53.2 Å². The van der Waals surface area contributed by atoms with Gasteiger partial charge in [-0.3, -0.25) is 0 Å². The van der Waals surface area contributed by atoms with Crippen molar-refractivity contribution < 1.29 is 4.42 Å². The smallest absolute Gasteiger partial charge is 0.181 e. The molecule has 1 aromatic heterocycles. The number of oxazole rings is 1. The van der Waals surface area contributed by atoms with Crippen molar-refractivity contribution in [3.8, 4) is 0 Å². The molecule has 0 saturated heterocycles. The maximum atomic E-state index is 5.78. The SMILES string of the molecule is CCCNCc1ncoc1C1C2CCc3ccccc3C21. The fraction of sp³-hybridized carbons (Fsp3) is 0.500. The third kappa shape index (κ3) is 2.20. The molecule has 2 aromatic rings. The second kappa shape index (κ2) is 5.30. The van der Waals surface area contributed by atoms with Crippen molar-refractivity contribution in [2.24, 2.45) is 5.92 Å². The maximum absolute atomic E-state index is 5.78. The van der Waals surface area contributed by atoms with Crippen LogP contribution in [0.25, 0.3) is 0 Å². The fourth-order valence-corrected chi connectivity index (χ4v) is 3.99. The molecule has 0 bridgehead atoms. The molecule has 2 aliphatic carbocycles. The third-order valence-corrected chi connectivity index (χ3v) is 5.02. The van der Waals surface area contributed by atoms with E-state index in [-0.39, 0.29) is 0 Å². The van der Waals surface area contributed by atoms with Gasteiger partial charge in [0.15, 0.2) is 6.39 Å². The number of aromatic nitrogens is 1. The summed E-state index contributed by atoms with van der Waals surface area (Å²) in [6.45, 7) is 4.05. The zero-order valence-corrected chi connectivity index (χ0v) is 12.5. The maximum Gasteiger partial charge on any atom is 0.181 e. The molecule has 3 unspecified atom stereocenters. The molecule has 3 atom stereocenters. The molecule has 3 heteroatoms. The number of benzene rings is 1. The van der Waals surface area contributed by atoms with Gasteiger partial charge in [0, 0.05) is 12.5 Å². The minimum atomic E-state index is 0.551. The van der Waals surface area contributed by atoms with E-state index in [9.17, 15) is 0 Å². The summed E-state index contributed by atoms with van der Waals surface area (Å²) in [6.07, 6.45) is 5.27. The molecule has 21 heavy (non-hydrogen) atoms. The van der Waals surface area contributed by atoms with Gasteiger partial charge in [-0.15, -0.1) is 0 Å². The summed E-state index contributed by atoms with van der Waals surface area (Å²) in [5.74, 6) is 3.10. The van der Waals surface area contributed by atoms with E-state index in [0.717, 1.165) is 36.9 Å². The second-order valence-electron chi connectivity index (χ2n) is 6.29. The van der Waals surface area contributed by atoms with Gasteiger partial charge < -0.3 is 9.73 Å². The number of aryl methyl sites for hydroxylation is 1. The van der Waals surface area contributed by atoms with E-state index in [1.165, 1.54) is 18.4 Å². The molecule has 0 radical (unpaired) electrons. The molecule has 1 fully saturated rings.